The Kier molecular flexibility index (Phi) is 5.31. The predicted octanol–water partition coefficient (Wildman–Crippen LogP) is 2.18. The van der Waals surface area contributed by atoms with Crippen LogP contribution in [0, 0.1) is 11.7 Å². The van der Waals surface area contributed by atoms with Crippen LogP contribution in [0.2, 0.25) is 0 Å². The quantitative estimate of drug-likeness (QED) is 0.857. The zero-order chi connectivity index (χ0) is 13.7. The number of nitrogens with two attached hydrogens (primary N) is 1. The molecule has 0 aromatic heterocycles. The highest BCUT2D eigenvalue weighted by Gasteiger charge is 2.22. The van der Waals surface area contributed by atoms with E-state index in [9.17, 15) is 4.39 Å². The van der Waals surface area contributed by atoms with Gasteiger partial charge in [-0.3, -0.25) is 0 Å². The van der Waals surface area contributed by atoms with E-state index in [1.807, 2.05) is 6.07 Å². The molecule has 1 aliphatic rings. The topological polar surface area (TPSA) is 38.5 Å². The maximum Gasteiger partial charge on any atom is 0.127 e. The van der Waals surface area contributed by atoms with Crippen LogP contribution in [-0.4, -0.2) is 38.3 Å². The summed E-state index contributed by atoms with van der Waals surface area (Å²) in [5.41, 5.74) is 6.70. The van der Waals surface area contributed by atoms with Crippen molar-refractivity contribution in [3.63, 3.8) is 0 Å². The normalized spacial score (nSPS) is 21.7. The van der Waals surface area contributed by atoms with Gasteiger partial charge in [-0.15, -0.1) is 0 Å². The summed E-state index contributed by atoms with van der Waals surface area (Å²) >= 11 is 0. The first-order valence-corrected chi connectivity index (χ1v) is 6.92. The highest BCUT2D eigenvalue weighted by Crippen LogP contribution is 2.21. The Morgan fingerprint density at radius 3 is 3.00 bits per heavy atom. The zero-order valence-electron chi connectivity index (χ0n) is 11.5. The average Bonchev–Trinajstić information content (AvgIpc) is 2.85. The molecular formula is C15H23FN2O. The molecule has 1 aromatic carbocycles. The van der Waals surface area contributed by atoms with Crippen LogP contribution in [0.5, 0.6) is 0 Å². The Bertz CT molecular complexity index is 399. The molecule has 2 rings (SSSR count). The number of nitrogens with zero attached hydrogens (tertiary/aromatic N) is 1. The fourth-order valence-corrected chi connectivity index (χ4v) is 2.74. The Morgan fingerprint density at radius 2 is 2.26 bits per heavy atom. The number of likely N-dealkylation sites (tertiary alicyclic amines) is 1. The van der Waals surface area contributed by atoms with Crippen LogP contribution in [0.15, 0.2) is 24.3 Å². The number of ether oxygens (including phenoxy) is 1. The molecule has 3 nitrogen and oxygen atoms in total. The fourth-order valence-electron chi connectivity index (χ4n) is 2.74. The van der Waals surface area contributed by atoms with Crippen molar-refractivity contribution in [2.75, 3.05) is 33.4 Å². The average molecular weight is 266 g/mol. The lowest BCUT2D eigenvalue weighted by atomic mass is 10.0. The number of hydrogen-bond donors (Lipinski definition) is 1. The molecule has 1 aromatic rings. The van der Waals surface area contributed by atoms with Gasteiger partial charge in [0.25, 0.3) is 0 Å². The Hall–Kier alpha value is -0.970. The Balaban J connectivity index is 1.78. The van der Waals surface area contributed by atoms with Gasteiger partial charge in [0, 0.05) is 25.3 Å². The molecule has 0 aliphatic carbocycles. The first kappa shape index (κ1) is 14.4. The van der Waals surface area contributed by atoms with Crippen LogP contribution in [0.25, 0.3) is 0 Å². The third kappa shape index (κ3) is 4.00. The molecule has 2 atom stereocenters. The number of benzene rings is 1. The summed E-state index contributed by atoms with van der Waals surface area (Å²) in [6.07, 6.45) is 1.98. The molecule has 2 N–H and O–H groups in total. The second-order valence-electron chi connectivity index (χ2n) is 5.33. The fraction of sp³-hybridized carbons (Fsp3) is 0.600. The molecule has 4 heteroatoms. The molecule has 1 fully saturated rings. The molecule has 2 unspecified atom stereocenters. The van der Waals surface area contributed by atoms with Crippen molar-refractivity contribution < 1.29 is 9.13 Å². The highest BCUT2D eigenvalue weighted by molar-refractivity contribution is 5.20. The number of methoxy groups -OCH3 is 1. The summed E-state index contributed by atoms with van der Waals surface area (Å²) in [5, 5.41) is 0. The minimum absolute atomic E-state index is 0.200. The van der Waals surface area contributed by atoms with Gasteiger partial charge in [-0.05, 0) is 37.9 Å². The first-order chi connectivity index (χ1) is 9.20. The molecule has 106 valence electrons. The molecule has 1 heterocycles. The van der Waals surface area contributed by atoms with Crippen molar-refractivity contribution in [1.29, 1.82) is 0 Å². The van der Waals surface area contributed by atoms with Crippen LogP contribution in [-0.2, 0) is 4.74 Å². The lowest BCUT2D eigenvalue weighted by Crippen LogP contribution is -2.26. The summed E-state index contributed by atoms with van der Waals surface area (Å²) in [6.45, 7) is 3.92. The van der Waals surface area contributed by atoms with E-state index in [0.717, 1.165) is 32.7 Å². The third-order valence-corrected chi connectivity index (χ3v) is 3.83. The Labute approximate surface area is 114 Å². The standard InChI is InChI=1S/C15H23FN2O/c1-19-11-12-6-8-18(10-12)9-7-15(17)13-4-2-3-5-14(13)16/h2-5,12,15H,6-11,17H2,1H3. The molecule has 0 radical (unpaired) electrons. The summed E-state index contributed by atoms with van der Waals surface area (Å²) in [6, 6.07) is 6.56. The van der Waals surface area contributed by atoms with Crippen molar-refractivity contribution >= 4 is 0 Å². The van der Waals surface area contributed by atoms with Gasteiger partial charge in [-0.2, -0.15) is 0 Å². The maximum atomic E-state index is 13.6. The molecule has 19 heavy (non-hydrogen) atoms. The third-order valence-electron chi connectivity index (χ3n) is 3.83. The van der Waals surface area contributed by atoms with Crippen molar-refractivity contribution in [3.05, 3.63) is 35.6 Å². The monoisotopic (exact) mass is 266 g/mol. The number of halogens is 1. The van der Waals surface area contributed by atoms with Gasteiger partial charge >= 0.3 is 0 Å². The number of hydrogen-bond acceptors (Lipinski definition) is 3. The van der Waals surface area contributed by atoms with Gasteiger partial charge in [-0.25, -0.2) is 4.39 Å². The summed E-state index contributed by atoms with van der Waals surface area (Å²) in [4.78, 5) is 2.39. The second kappa shape index (κ2) is 6.98. The molecular weight excluding hydrogens is 243 g/mol. The largest absolute Gasteiger partial charge is 0.384 e. The van der Waals surface area contributed by atoms with Gasteiger partial charge < -0.3 is 15.4 Å². The van der Waals surface area contributed by atoms with Gasteiger partial charge in [0.1, 0.15) is 5.82 Å². The van der Waals surface area contributed by atoms with Crippen molar-refractivity contribution in [2.24, 2.45) is 11.7 Å². The minimum Gasteiger partial charge on any atom is -0.384 e. The molecule has 0 bridgehead atoms. The number of rotatable bonds is 6. The van der Waals surface area contributed by atoms with Crippen LogP contribution >= 0.6 is 0 Å². The van der Waals surface area contributed by atoms with Gasteiger partial charge in [0.2, 0.25) is 0 Å². The van der Waals surface area contributed by atoms with Gasteiger partial charge in [0.15, 0.2) is 0 Å². The van der Waals surface area contributed by atoms with Crippen LogP contribution in [0.4, 0.5) is 4.39 Å². The molecule has 0 amide bonds. The van der Waals surface area contributed by atoms with E-state index in [1.165, 1.54) is 12.5 Å². The lowest BCUT2D eigenvalue weighted by molar-refractivity contribution is 0.153. The smallest absolute Gasteiger partial charge is 0.127 e. The highest BCUT2D eigenvalue weighted by atomic mass is 19.1. The van der Waals surface area contributed by atoms with E-state index in [2.05, 4.69) is 4.90 Å². The minimum atomic E-state index is -0.220. The molecule has 0 spiro atoms. The SMILES string of the molecule is COCC1CCN(CCC(N)c2ccccc2F)C1. The van der Waals surface area contributed by atoms with E-state index >= 15 is 0 Å². The molecule has 1 saturated heterocycles. The van der Waals surface area contributed by atoms with Crippen molar-refractivity contribution in [3.8, 4) is 0 Å². The van der Waals surface area contributed by atoms with E-state index in [0.29, 0.717) is 11.5 Å². The predicted molar refractivity (Wildman–Crippen MR) is 74.4 cm³/mol. The Morgan fingerprint density at radius 1 is 1.47 bits per heavy atom. The maximum absolute atomic E-state index is 13.6. The molecule has 1 aliphatic heterocycles. The molecule has 0 saturated carbocycles. The van der Waals surface area contributed by atoms with E-state index in [4.69, 9.17) is 10.5 Å². The van der Waals surface area contributed by atoms with Crippen molar-refractivity contribution in [2.45, 2.75) is 18.9 Å². The zero-order valence-corrected chi connectivity index (χ0v) is 11.5. The van der Waals surface area contributed by atoms with Crippen LogP contribution < -0.4 is 5.73 Å². The summed E-state index contributed by atoms with van der Waals surface area (Å²) < 4.78 is 18.8. The van der Waals surface area contributed by atoms with Gasteiger partial charge in [0.05, 0.1) is 6.61 Å². The van der Waals surface area contributed by atoms with Crippen LogP contribution in [0.3, 0.4) is 0 Å². The van der Waals surface area contributed by atoms with E-state index in [-0.39, 0.29) is 11.9 Å². The van der Waals surface area contributed by atoms with E-state index in [1.54, 1.807) is 19.2 Å². The first-order valence-electron chi connectivity index (χ1n) is 6.92. The second-order valence-corrected chi connectivity index (χ2v) is 5.33. The van der Waals surface area contributed by atoms with E-state index < -0.39 is 0 Å². The van der Waals surface area contributed by atoms with Crippen LogP contribution in [0.1, 0.15) is 24.4 Å². The summed E-state index contributed by atoms with van der Waals surface area (Å²) in [7, 11) is 1.75. The van der Waals surface area contributed by atoms with Crippen molar-refractivity contribution in [1.82, 2.24) is 4.90 Å². The lowest BCUT2D eigenvalue weighted by Gasteiger charge is -2.19. The summed E-state index contributed by atoms with van der Waals surface area (Å²) in [5.74, 6) is 0.434. The van der Waals surface area contributed by atoms with Gasteiger partial charge in [-0.1, -0.05) is 18.2 Å².